The van der Waals surface area contributed by atoms with Crippen LogP contribution in [0.3, 0.4) is 0 Å². The van der Waals surface area contributed by atoms with Crippen molar-refractivity contribution in [3.05, 3.63) is 80.5 Å². The number of fused-ring (bicyclic) bond motifs is 8. The van der Waals surface area contributed by atoms with Crippen molar-refractivity contribution in [3.63, 3.8) is 0 Å². The Morgan fingerprint density at radius 1 is 0.204 bits per heavy atom. The van der Waals surface area contributed by atoms with Gasteiger partial charge in [0.25, 0.3) is 0 Å². The fourth-order valence-corrected chi connectivity index (χ4v) is 37.6. The summed E-state index contributed by atoms with van der Waals surface area (Å²) in [7, 11) is 0. The maximum Gasteiger partial charge on any atom is 0.114 e. The zero-order chi connectivity index (χ0) is 103. The SMILES string of the molecule is CCCCCCCCCCC(C)CCCCCCCc1cc(-c2ccc(-c3cc(CCCCCCCC(CCCCCCCC)CCCCCCCCCC)c(-c4ccc(-c5sc6c(sc7c6sc6c8sc(-c9ccc(C)s9)c(CCCCCCCCC(CCCCCCCC)CCCCCCCCCC)c8sc67)c5CCCCCCCCC(CCCCCCCC)CCCCCCCCCC)s4)s3)c3nsnc23)sc1C. The first-order valence-corrected chi connectivity index (χ1v) is 72.1. The first kappa shape index (κ1) is 125. The normalized spacial score (nSPS) is 13.0. The van der Waals surface area contributed by atoms with Crippen LogP contribution in [-0.2, 0) is 25.7 Å². The predicted molar refractivity (Wildman–Crippen MR) is 682 cm³/mol. The van der Waals surface area contributed by atoms with Crippen LogP contribution in [0.2, 0.25) is 0 Å². The molecule has 11 rings (SSSR count). The summed E-state index contributed by atoms with van der Waals surface area (Å²) >= 11 is 20.5. The Morgan fingerprint density at radius 2 is 0.449 bits per heavy atom. The van der Waals surface area contributed by atoms with Crippen LogP contribution in [0.15, 0.2) is 48.5 Å². The summed E-state index contributed by atoms with van der Waals surface area (Å²) in [6.45, 7) is 23.7. The third-order valence-electron chi connectivity index (χ3n) is 34.0. The predicted octanol–water partition coefficient (Wildman–Crippen LogP) is 53.0. The Bertz CT molecular complexity index is 5110. The summed E-state index contributed by atoms with van der Waals surface area (Å²) in [6.07, 6.45) is 122. The van der Waals surface area contributed by atoms with Gasteiger partial charge < -0.3 is 0 Å². The standard InChI is InChI=1S/C135H216N2S10/c1-11-18-25-32-39-43-53-68-83-106(8)84-69-54-51-64-79-94-112-104-121(139-108(112)10)114-99-100-115(124-123(114)136-147-137-124)122-105-113(95-80-65-52-63-78-93-111(87-72-57-38-31-24-17-7)90-75-60-46-42-35-28-21-14-4)125(141-122)118-102-103-120(140-118)127-117(97-82-67-50-48-62-77-92-110(86-71-56-37-30-23-16-6)89-74-59-45-41-34-27-20-13-3)129-131(143-127)133-135(145-129)134-132(146-133)130-128(144-134)116(126(142-130)119-101-98-107(9)138-119)96-81-66-49-47-61-76-91-109(85-70-55-36-29-22-15-5)88-73-58-44-40-33-26-19-12-2/h98-106,109-111H,11-97H2,1-10H3. The van der Waals surface area contributed by atoms with Crippen molar-refractivity contribution >= 4 is 162 Å². The first-order chi connectivity index (χ1) is 72.6. The quantitative estimate of drug-likeness (QED) is 0.0355. The van der Waals surface area contributed by atoms with E-state index in [4.69, 9.17) is 8.75 Å². The summed E-state index contributed by atoms with van der Waals surface area (Å²) < 4.78 is 23.2. The molecule has 11 aromatic rings. The molecule has 0 N–H and O–H groups in total. The third-order valence-corrected chi connectivity index (χ3v) is 46.6. The molecule has 10 heterocycles. The van der Waals surface area contributed by atoms with Crippen LogP contribution < -0.4 is 0 Å². The average molecular weight is 2190 g/mol. The fraction of sp³-hybridized carbons (Fsp3) is 0.748. The van der Waals surface area contributed by atoms with Gasteiger partial charge in [-0.25, -0.2) is 0 Å². The number of aryl methyl sites for hydroxylation is 6. The maximum atomic E-state index is 5.26. The van der Waals surface area contributed by atoms with E-state index in [-0.39, 0.29) is 0 Å². The van der Waals surface area contributed by atoms with E-state index in [0.717, 1.165) is 41.1 Å². The molecule has 4 atom stereocenters. The molecular weight excluding hydrogens is 1970 g/mol. The van der Waals surface area contributed by atoms with Crippen LogP contribution in [0, 0.1) is 37.5 Å². The number of thiophene rings is 9. The zero-order valence-corrected chi connectivity index (χ0v) is 105. The highest BCUT2D eigenvalue weighted by Gasteiger charge is 2.29. The molecule has 826 valence electrons. The summed E-state index contributed by atoms with van der Waals surface area (Å²) in [5.74, 6) is 3.71. The van der Waals surface area contributed by atoms with Crippen LogP contribution >= 0.6 is 114 Å². The lowest BCUT2D eigenvalue weighted by Gasteiger charge is -2.17. The van der Waals surface area contributed by atoms with Gasteiger partial charge in [-0.1, -0.05) is 575 Å². The van der Waals surface area contributed by atoms with Gasteiger partial charge in [-0.15, -0.1) is 102 Å². The van der Waals surface area contributed by atoms with Gasteiger partial charge >= 0.3 is 0 Å². The van der Waals surface area contributed by atoms with E-state index in [1.165, 1.54) is 614 Å². The lowest BCUT2D eigenvalue weighted by atomic mass is 9.89. The van der Waals surface area contributed by atoms with Gasteiger partial charge in [0, 0.05) is 59.9 Å². The van der Waals surface area contributed by atoms with E-state index in [2.05, 4.69) is 197 Å². The molecule has 0 aliphatic rings. The topological polar surface area (TPSA) is 25.8 Å². The molecule has 0 radical (unpaired) electrons. The van der Waals surface area contributed by atoms with Gasteiger partial charge in [-0.05, 0) is 148 Å². The number of rotatable bonds is 96. The summed E-state index contributed by atoms with van der Waals surface area (Å²) in [5.41, 5.74) is 11.1. The minimum absolute atomic E-state index is 0.882. The van der Waals surface area contributed by atoms with E-state index >= 15 is 0 Å². The Balaban J connectivity index is 0.820. The number of unbranched alkanes of at least 4 members (excludes halogenated alkanes) is 61. The average Bonchev–Trinajstić information content (AvgIpc) is 1.54. The van der Waals surface area contributed by atoms with Gasteiger partial charge in [-0.2, -0.15) is 8.75 Å². The molecule has 1 aromatic carbocycles. The lowest BCUT2D eigenvalue weighted by molar-refractivity contribution is 0.365. The van der Waals surface area contributed by atoms with Crippen molar-refractivity contribution in [2.24, 2.45) is 23.7 Å². The molecule has 0 aliphatic carbocycles. The molecule has 2 nitrogen and oxygen atoms in total. The van der Waals surface area contributed by atoms with E-state index < -0.39 is 0 Å². The van der Waals surface area contributed by atoms with E-state index in [1.807, 2.05) is 22.7 Å². The van der Waals surface area contributed by atoms with Crippen molar-refractivity contribution in [1.29, 1.82) is 0 Å². The second-order valence-corrected chi connectivity index (χ2v) is 57.3. The molecule has 0 fully saturated rings. The third kappa shape index (κ3) is 45.0. The molecule has 0 aliphatic heterocycles. The van der Waals surface area contributed by atoms with Crippen LogP contribution in [0.25, 0.3) is 98.8 Å². The second kappa shape index (κ2) is 76.9. The Kier molecular flexibility index (Phi) is 65.2. The Labute approximate surface area is 944 Å². The largest absolute Gasteiger partial charge is 0.172 e. The molecule has 0 amide bonds. The smallest absolute Gasteiger partial charge is 0.114 e. The molecule has 10 aromatic heterocycles. The van der Waals surface area contributed by atoms with Crippen molar-refractivity contribution in [2.75, 3.05) is 0 Å². The van der Waals surface area contributed by atoms with Crippen LogP contribution in [0.1, 0.15) is 620 Å². The lowest BCUT2D eigenvalue weighted by Crippen LogP contribution is -2.02. The second-order valence-electron chi connectivity index (χ2n) is 47.0. The van der Waals surface area contributed by atoms with Gasteiger partial charge in [0.1, 0.15) is 11.0 Å². The number of nitrogens with zero attached hydrogens (tertiary/aromatic N) is 2. The van der Waals surface area contributed by atoms with Crippen molar-refractivity contribution in [2.45, 2.75) is 628 Å². The fourth-order valence-electron chi connectivity index (χ4n) is 24.5. The molecule has 4 unspecified atom stereocenters. The Morgan fingerprint density at radius 3 is 0.762 bits per heavy atom. The zero-order valence-electron chi connectivity index (χ0n) is 96.4. The summed E-state index contributed by atoms with van der Waals surface area (Å²) in [6, 6.07) is 20.1. The van der Waals surface area contributed by atoms with Crippen molar-refractivity contribution < 1.29 is 0 Å². The minimum Gasteiger partial charge on any atom is -0.172 e. The van der Waals surface area contributed by atoms with Gasteiger partial charge in [0.2, 0.25) is 0 Å². The molecular formula is C135H216N2S10. The van der Waals surface area contributed by atoms with Crippen molar-refractivity contribution in [3.8, 4) is 50.1 Å². The number of hydrogen-bond donors (Lipinski definition) is 0. The molecule has 0 saturated carbocycles. The minimum atomic E-state index is 0.882. The number of hydrogen-bond acceptors (Lipinski definition) is 12. The number of aromatic nitrogens is 2. The monoisotopic (exact) mass is 2190 g/mol. The van der Waals surface area contributed by atoms with Crippen molar-refractivity contribution in [1.82, 2.24) is 8.75 Å². The van der Waals surface area contributed by atoms with Gasteiger partial charge in [0.15, 0.2) is 0 Å². The molecule has 0 spiro atoms. The van der Waals surface area contributed by atoms with Crippen LogP contribution in [-0.4, -0.2) is 8.75 Å². The van der Waals surface area contributed by atoms with Crippen LogP contribution in [0.5, 0.6) is 0 Å². The van der Waals surface area contributed by atoms with Crippen LogP contribution in [0.4, 0.5) is 0 Å². The molecule has 147 heavy (non-hydrogen) atoms. The van der Waals surface area contributed by atoms with Gasteiger partial charge in [-0.3, -0.25) is 0 Å². The summed E-state index contributed by atoms with van der Waals surface area (Å²) in [5, 5.41) is 0. The maximum absolute atomic E-state index is 5.26. The number of benzene rings is 1. The first-order valence-electron chi connectivity index (χ1n) is 64.1. The highest BCUT2D eigenvalue weighted by atomic mass is 32.1. The van der Waals surface area contributed by atoms with E-state index in [1.54, 1.807) is 69.6 Å². The summed E-state index contributed by atoms with van der Waals surface area (Å²) in [4.78, 5) is 14.7. The molecule has 0 bridgehead atoms. The van der Waals surface area contributed by atoms with Gasteiger partial charge in [0.05, 0.1) is 49.3 Å². The highest BCUT2D eigenvalue weighted by Crippen LogP contribution is 2.59. The Hall–Kier alpha value is -2.62. The molecule has 12 heteroatoms. The van der Waals surface area contributed by atoms with E-state index in [0.29, 0.717) is 0 Å². The highest BCUT2D eigenvalue weighted by molar-refractivity contribution is 7.49. The van der Waals surface area contributed by atoms with E-state index in [9.17, 15) is 0 Å². The molecule has 0 saturated heterocycles.